The lowest BCUT2D eigenvalue weighted by Gasteiger charge is -2.34. The summed E-state index contributed by atoms with van der Waals surface area (Å²) in [5.74, 6) is -0.130. The van der Waals surface area contributed by atoms with Gasteiger partial charge in [-0.1, -0.05) is 60.7 Å². The van der Waals surface area contributed by atoms with Gasteiger partial charge in [0, 0.05) is 31.6 Å². The van der Waals surface area contributed by atoms with Crippen LogP contribution in [0.4, 0.5) is 4.79 Å². The van der Waals surface area contributed by atoms with Crippen molar-refractivity contribution in [2.45, 2.75) is 77.9 Å². The molecule has 4 atom stereocenters. The summed E-state index contributed by atoms with van der Waals surface area (Å²) < 4.78 is 11.4. The number of benzene rings is 2. The number of likely N-dealkylation sites (tertiary alicyclic amines) is 1. The third-order valence-electron chi connectivity index (χ3n) is 6.45. The van der Waals surface area contributed by atoms with Crippen LogP contribution < -0.4 is 0 Å². The molecule has 0 N–H and O–H groups in total. The minimum absolute atomic E-state index is 0.0183. The van der Waals surface area contributed by atoms with Crippen LogP contribution >= 0.6 is 0 Å². The third kappa shape index (κ3) is 6.23. The van der Waals surface area contributed by atoms with E-state index in [4.69, 9.17) is 9.47 Å². The second-order valence-corrected chi connectivity index (χ2v) is 11.7. The molecule has 0 spiro atoms. The van der Waals surface area contributed by atoms with Crippen LogP contribution in [-0.4, -0.2) is 51.7 Å². The largest absolute Gasteiger partial charge is 0.458 e. The van der Waals surface area contributed by atoms with Gasteiger partial charge in [0.1, 0.15) is 17.2 Å². The van der Waals surface area contributed by atoms with Gasteiger partial charge >= 0.3 is 12.1 Å². The van der Waals surface area contributed by atoms with Gasteiger partial charge in [0.2, 0.25) is 0 Å². The highest BCUT2D eigenvalue weighted by molar-refractivity contribution is 5.84. The van der Waals surface area contributed by atoms with Gasteiger partial charge in [-0.25, -0.2) is 9.59 Å². The van der Waals surface area contributed by atoms with Gasteiger partial charge in [-0.15, -0.1) is 0 Å². The average Bonchev–Trinajstić information content (AvgIpc) is 3.30. The highest BCUT2D eigenvalue weighted by Gasteiger charge is 2.67. The summed E-state index contributed by atoms with van der Waals surface area (Å²) in [7, 11) is 0. The molecular weight excluding hydrogens is 440 g/mol. The molecule has 0 unspecified atom stereocenters. The van der Waals surface area contributed by atoms with Crippen molar-refractivity contribution in [3.8, 4) is 0 Å². The highest BCUT2D eigenvalue weighted by atomic mass is 16.6. The zero-order chi connectivity index (χ0) is 25.4. The van der Waals surface area contributed by atoms with Crippen LogP contribution in [-0.2, 0) is 27.4 Å². The van der Waals surface area contributed by atoms with Crippen LogP contribution in [0.15, 0.2) is 60.7 Å². The number of hydrogen-bond acceptors (Lipinski definition) is 5. The predicted molar refractivity (Wildman–Crippen MR) is 135 cm³/mol. The second-order valence-electron chi connectivity index (χ2n) is 11.7. The van der Waals surface area contributed by atoms with Gasteiger partial charge in [-0.2, -0.15) is 0 Å². The standard InChI is InChI=1S/C29H38N2O4/c1-28(2,3)34-26(32)25-23-22(19-31(25)27(33)35-29(4,5)6)24(23)30(17-20-13-9-7-10-14-20)18-21-15-11-8-12-16-21/h7-16,22-25H,17-19H2,1-6H3/t22-,23+,24+,25-/m0/s1. The molecule has 188 valence electrons. The summed E-state index contributed by atoms with van der Waals surface area (Å²) in [5.41, 5.74) is 1.19. The normalized spacial score (nSPS) is 23.7. The molecule has 4 rings (SSSR count). The average molecular weight is 479 g/mol. The molecule has 6 nitrogen and oxygen atoms in total. The van der Waals surface area contributed by atoms with Crippen molar-refractivity contribution in [1.29, 1.82) is 0 Å². The molecule has 2 aromatic carbocycles. The molecule has 2 fully saturated rings. The van der Waals surface area contributed by atoms with E-state index < -0.39 is 23.3 Å². The summed E-state index contributed by atoms with van der Waals surface area (Å²) in [5, 5.41) is 0. The first-order valence-electron chi connectivity index (χ1n) is 12.5. The molecule has 1 heterocycles. The van der Waals surface area contributed by atoms with E-state index in [1.165, 1.54) is 11.1 Å². The van der Waals surface area contributed by atoms with Crippen LogP contribution in [0.2, 0.25) is 0 Å². The van der Waals surface area contributed by atoms with E-state index in [2.05, 4.69) is 53.4 Å². The number of carbonyl (C=O) groups is 2. The second kappa shape index (κ2) is 9.65. The van der Waals surface area contributed by atoms with Crippen LogP contribution in [0.1, 0.15) is 52.7 Å². The maximum Gasteiger partial charge on any atom is 0.411 e. The zero-order valence-corrected chi connectivity index (χ0v) is 21.7. The molecule has 1 aliphatic carbocycles. The van der Waals surface area contributed by atoms with Gasteiger partial charge < -0.3 is 9.47 Å². The molecule has 0 bridgehead atoms. The number of fused-ring (bicyclic) bond motifs is 1. The Kier molecular flexibility index (Phi) is 6.96. The SMILES string of the molecule is CC(C)(C)OC(=O)[C@@H]1[C@@H]2[C@H](CN1C(=O)OC(C)(C)C)[C@H]2N(Cc1ccccc1)Cc1ccccc1. The minimum atomic E-state index is -0.645. The fourth-order valence-corrected chi connectivity index (χ4v) is 5.15. The molecule has 1 saturated heterocycles. The quantitative estimate of drug-likeness (QED) is 0.530. The zero-order valence-electron chi connectivity index (χ0n) is 21.7. The van der Waals surface area contributed by atoms with Gasteiger partial charge in [0.05, 0.1) is 0 Å². The van der Waals surface area contributed by atoms with Crippen LogP contribution in [0, 0.1) is 11.8 Å². The molecule has 0 aromatic heterocycles. The highest BCUT2D eigenvalue weighted by Crippen LogP contribution is 2.54. The number of amides is 1. The van der Waals surface area contributed by atoms with E-state index in [1.54, 1.807) is 4.90 Å². The van der Waals surface area contributed by atoms with Gasteiger partial charge in [0.25, 0.3) is 0 Å². The topological polar surface area (TPSA) is 59.1 Å². The van der Waals surface area contributed by atoms with E-state index in [9.17, 15) is 9.59 Å². The molecule has 0 radical (unpaired) electrons. The van der Waals surface area contributed by atoms with E-state index in [0.29, 0.717) is 6.54 Å². The summed E-state index contributed by atoms with van der Waals surface area (Å²) in [4.78, 5) is 30.5. The lowest BCUT2D eigenvalue weighted by molar-refractivity contribution is -0.161. The number of carbonyl (C=O) groups excluding carboxylic acids is 2. The molecule has 2 aliphatic rings. The lowest BCUT2D eigenvalue weighted by atomic mass is 10.1. The number of esters is 1. The van der Waals surface area contributed by atoms with Crippen LogP contribution in [0.25, 0.3) is 0 Å². The van der Waals surface area contributed by atoms with Crippen molar-refractivity contribution in [2.75, 3.05) is 6.54 Å². The number of piperidine rings is 1. The van der Waals surface area contributed by atoms with Crippen molar-refractivity contribution in [3.05, 3.63) is 71.8 Å². The molecule has 1 aliphatic heterocycles. The maximum atomic E-state index is 13.4. The molecule has 2 aromatic rings. The smallest absolute Gasteiger partial charge is 0.411 e. The fourth-order valence-electron chi connectivity index (χ4n) is 5.15. The minimum Gasteiger partial charge on any atom is -0.458 e. The molecule has 1 saturated carbocycles. The van der Waals surface area contributed by atoms with Gasteiger partial charge in [0.15, 0.2) is 0 Å². The van der Waals surface area contributed by atoms with E-state index in [0.717, 1.165) is 13.1 Å². The van der Waals surface area contributed by atoms with E-state index in [-0.39, 0.29) is 23.8 Å². The number of hydrogen-bond donors (Lipinski definition) is 0. The van der Waals surface area contributed by atoms with Gasteiger partial charge in [-0.05, 0) is 58.6 Å². The molecular formula is C29H38N2O4. The number of ether oxygens (including phenoxy) is 2. The Hall–Kier alpha value is -2.86. The summed E-state index contributed by atoms with van der Waals surface area (Å²) in [6.07, 6.45) is -0.447. The summed E-state index contributed by atoms with van der Waals surface area (Å²) in [6.45, 7) is 13.2. The van der Waals surface area contributed by atoms with Crippen molar-refractivity contribution >= 4 is 12.1 Å². The van der Waals surface area contributed by atoms with Crippen molar-refractivity contribution in [3.63, 3.8) is 0 Å². The lowest BCUT2D eigenvalue weighted by Crippen LogP contribution is -2.50. The summed E-state index contributed by atoms with van der Waals surface area (Å²) >= 11 is 0. The Balaban J connectivity index is 1.59. The van der Waals surface area contributed by atoms with Crippen LogP contribution in [0.3, 0.4) is 0 Å². The van der Waals surface area contributed by atoms with E-state index in [1.807, 2.05) is 53.7 Å². The Morgan fingerprint density at radius 2 is 1.31 bits per heavy atom. The first kappa shape index (κ1) is 25.2. The number of rotatable bonds is 6. The van der Waals surface area contributed by atoms with Crippen molar-refractivity contribution in [1.82, 2.24) is 9.80 Å². The van der Waals surface area contributed by atoms with Crippen molar-refractivity contribution < 1.29 is 19.1 Å². The predicted octanol–water partition coefficient (Wildman–Crippen LogP) is 5.26. The Morgan fingerprint density at radius 3 is 1.77 bits per heavy atom. The Morgan fingerprint density at radius 1 is 0.829 bits per heavy atom. The Labute approximate surface area is 209 Å². The first-order valence-corrected chi connectivity index (χ1v) is 12.5. The van der Waals surface area contributed by atoms with Gasteiger partial charge in [-0.3, -0.25) is 9.80 Å². The fraction of sp³-hybridized carbons (Fsp3) is 0.517. The monoisotopic (exact) mass is 478 g/mol. The molecule has 35 heavy (non-hydrogen) atoms. The molecule has 6 heteroatoms. The Bertz CT molecular complexity index is 985. The number of nitrogens with zero attached hydrogens (tertiary/aromatic N) is 2. The van der Waals surface area contributed by atoms with E-state index >= 15 is 0 Å². The first-order chi connectivity index (χ1) is 16.4. The third-order valence-corrected chi connectivity index (χ3v) is 6.45. The maximum absolute atomic E-state index is 13.4. The summed E-state index contributed by atoms with van der Waals surface area (Å²) in [6, 6.07) is 20.3. The molecule has 1 amide bonds. The van der Waals surface area contributed by atoms with Crippen LogP contribution in [0.5, 0.6) is 0 Å². The van der Waals surface area contributed by atoms with Crippen molar-refractivity contribution in [2.24, 2.45) is 11.8 Å².